The molecule has 1 atom stereocenters. The zero-order chi connectivity index (χ0) is 15.1. The van der Waals surface area contributed by atoms with E-state index in [0.29, 0.717) is 5.56 Å². The van der Waals surface area contributed by atoms with E-state index in [2.05, 4.69) is 10.6 Å². The second-order valence-electron chi connectivity index (χ2n) is 4.12. The average Bonchev–Trinajstić information content (AvgIpc) is 2.42. The molecule has 0 heterocycles. The molecule has 108 valence electrons. The lowest BCUT2D eigenvalue weighted by Gasteiger charge is -2.13. The van der Waals surface area contributed by atoms with Crippen LogP contribution in [-0.4, -0.2) is 41.1 Å². The number of carboxylic acid groups (broad SMARTS) is 2. The summed E-state index contributed by atoms with van der Waals surface area (Å²) >= 11 is 0. The van der Waals surface area contributed by atoms with Gasteiger partial charge in [0.05, 0.1) is 0 Å². The Hall–Kier alpha value is -2.57. The van der Waals surface area contributed by atoms with E-state index in [0.717, 1.165) is 5.69 Å². The van der Waals surface area contributed by atoms with Crippen molar-refractivity contribution in [2.75, 3.05) is 12.4 Å². The molecule has 1 rings (SSSR count). The number of rotatable bonds is 7. The van der Waals surface area contributed by atoms with Gasteiger partial charge in [0.1, 0.15) is 6.04 Å². The highest BCUT2D eigenvalue weighted by Gasteiger charge is 2.21. The molecule has 0 saturated carbocycles. The van der Waals surface area contributed by atoms with Gasteiger partial charge in [0.25, 0.3) is 5.91 Å². The average molecular weight is 280 g/mol. The van der Waals surface area contributed by atoms with Crippen LogP contribution in [0.1, 0.15) is 23.2 Å². The van der Waals surface area contributed by atoms with E-state index in [1.807, 2.05) is 0 Å². The number of aliphatic carboxylic acids is 2. The van der Waals surface area contributed by atoms with Crippen molar-refractivity contribution < 1.29 is 24.6 Å². The van der Waals surface area contributed by atoms with Crippen LogP contribution in [0.25, 0.3) is 0 Å². The SMILES string of the molecule is CNc1ccc(C(=O)N[C@H](CCC(=O)O)C(=O)O)cc1. The molecule has 1 aromatic rings. The summed E-state index contributed by atoms with van der Waals surface area (Å²) in [5.74, 6) is -2.92. The highest BCUT2D eigenvalue weighted by Crippen LogP contribution is 2.09. The van der Waals surface area contributed by atoms with E-state index in [1.165, 1.54) is 0 Å². The van der Waals surface area contributed by atoms with Gasteiger partial charge in [-0.25, -0.2) is 4.79 Å². The van der Waals surface area contributed by atoms with Gasteiger partial charge in [-0.2, -0.15) is 0 Å². The summed E-state index contributed by atoms with van der Waals surface area (Å²) in [4.78, 5) is 33.3. The van der Waals surface area contributed by atoms with Crippen molar-refractivity contribution >= 4 is 23.5 Å². The Bertz CT molecular complexity index is 498. The lowest BCUT2D eigenvalue weighted by molar-refractivity contribution is -0.140. The van der Waals surface area contributed by atoms with Crippen LogP contribution in [0.4, 0.5) is 5.69 Å². The van der Waals surface area contributed by atoms with Crippen molar-refractivity contribution in [3.63, 3.8) is 0 Å². The molecular weight excluding hydrogens is 264 g/mol. The summed E-state index contributed by atoms with van der Waals surface area (Å²) in [5.41, 5.74) is 1.13. The maximum atomic E-state index is 11.9. The molecule has 0 bridgehead atoms. The Morgan fingerprint density at radius 2 is 1.75 bits per heavy atom. The van der Waals surface area contributed by atoms with Crippen molar-refractivity contribution in [3.05, 3.63) is 29.8 Å². The van der Waals surface area contributed by atoms with Gasteiger partial charge in [0.15, 0.2) is 0 Å². The van der Waals surface area contributed by atoms with Gasteiger partial charge in [-0.05, 0) is 30.7 Å². The van der Waals surface area contributed by atoms with Gasteiger partial charge in [-0.15, -0.1) is 0 Å². The van der Waals surface area contributed by atoms with E-state index in [1.54, 1.807) is 31.3 Å². The molecule has 7 nitrogen and oxygen atoms in total. The quantitative estimate of drug-likeness (QED) is 0.586. The van der Waals surface area contributed by atoms with E-state index >= 15 is 0 Å². The maximum absolute atomic E-state index is 11.9. The Kier molecular flexibility index (Phi) is 5.52. The Morgan fingerprint density at radius 1 is 1.15 bits per heavy atom. The molecule has 0 unspecified atom stereocenters. The fourth-order valence-electron chi connectivity index (χ4n) is 1.56. The molecule has 20 heavy (non-hydrogen) atoms. The normalized spacial score (nSPS) is 11.4. The van der Waals surface area contributed by atoms with Gasteiger partial charge in [-0.1, -0.05) is 0 Å². The fraction of sp³-hybridized carbons (Fsp3) is 0.308. The molecule has 0 saturated heterocycles. The third-order valence-electron chi connectivity index (χ3n) is 2.69. The minimum absolute atomic E-state index is 0.162. The third-order valence-corrected chi connectivity index (χ3v) is 2.69. The first kappa shape index (κ1) is 15.5. The van der Waals surface area contributed by atoms with Gasteiger partial charge >= 0.3 is 11.9 Å². The third kappa shape index (κ3) is 4.60. The number of anilines is 1. The monoisotopic (exact) mass is 280 g/mol. The zero-order valence-corrected chi connectivity index (χ0v) is 10.9. The van der Waals surface area contributed by atoms with Crippen molar-refractivity contribution in [1.29, 1.82) is 0 Å². The number of hydrogen-bond acceptors (Lipinski definition) is 4. The molecule has 0 aliphatic heterocycles. The van der Waals surface area contributed by atoms with Crippen LogP contribution in [0.15, 0.2) is 24.3 Å². The summed E-state index contributed by atoms with van der Waals surface area (Å²) in [6.07, 6.45) is -0.485. The minimum atomic E-state index is -1.26. The van der Waals surface area contributed by atoms with Crippen LogP contribution < -0.4 is 10.6 Å². The molecule has 0 aliphatic rings. The fourth-order valence-corrected chi connectivity index (χ4v) is 1.56. The Balaban J connectivity index is 2.69. The minimum Gasteiger partial charge on any atom is -0.481 e. The summed E-state index contributed by atoms with van der Waals surface area (Å²) in [6, 6.07) is 5.25. The van der Waals surface area contributed by atoms with E-state index < -0.39 is 23.9 Å². The van der Waals surface area contributed by atoms with Gasteiger partial charge < -0.3 is 20.8 Å². The summed E-state index contributed by atoms with van der Waals surface area (Å²) in [5, 5.41) is 22.7. The van der Waals surface area contributed by atoms with Crippen LogP contribution in [0.2, 0.25) is 0 Å². The van der Waals surface area contributed by atoms with E-state index in [9.17, 15) is 14.4 Å². The second-order valence-corrected chi connectivity index (χ2v) is 4.12. The highest BCUT2D eigenvalue weighted by atomic mass is 16.4. The van der Waals surface area contributed by atoms with Crippen LogP contribution in [0.5, 0.6) is 0 Å². The molecule has 0 spiro atoms. The largest absolute Gasteiger partial charge is 0.481 e. The van der Waals surface area contributed by atoms with Gasteiger partial charge in [0, 0.05) is 24.7 Å². The Labute approximate surface area is 115 Å². The van der Waals surface area contributed by atoms with Crippen molar-refractivity contribution in [2.45, 2.75) is 18.9 Å². The summed E-state index contributed by atoms with van der Waals surface area (Å²) in [6.45, 7) is 0. The number of hydrogen-bond donors (Lipinski definition) is 4. The first-order chi connectivity index (χ1) is 9.43. The maximum Gasteiger partial charge on any atom is 0.326 e. The van der Waals surface area contributed by atoms with Crippen molar-refractivity contribution in [1.82, 2.24) is 5.32 Å². The van der Waals surface area contributed by atoms with Crippen LogP contribution in [0, 0.1) is 0 Å². The number of benzene rings is 1. The first-order valence-corrected chi connectivity index (χ1v) is 5.97. The number of amides is 1. The van der Waals surface area contributed by atoms with Crippen molar-refractivity contribution in [2.24, 2.45) is 0 Å². The van der Waals surface area contributed by atoms with Crippen LogP contribution >= 0.6 is 0 Å². The smallest absolute Gasteiger partial charge is 0.326 e. The number of carbonyl (C=O) groups is 3. The second kappa shape index (κ2) is 7.13. The number of carboxylic acids is 2. The Morgan fingerprint density at radius 3 is 2.20 bits per heavy atom. The van der Waals surface area contributed by atoms with Crippen molar-refractivity contribution in [3.8, 4) is 0 Å². The number of carbonyl (C=O) groups excluding carboxylic acids is 1. The molecular formula is C13H16N2O5. The molecule has 0 fully saturated rings. The molecule has 0 radical (unpaired) electrons. The lowest BCUT2D eigenvalue weighted by Crippen LogP contribution is -2.41. The van der Waals surface area contributed by atoms with E-state index in [4.69, 9.17) is 10.2 Å². The molecule has 1 aromatic carbocycles. The summed E-state index contributed by atoms with van der Waals surface area (Å²) in [7, 11) is 1.74. The van der Waals surface area contributed by atoms with Gasteiger partial charge in [-0.3, -0.25) is 9.59 Å². The highest BCUT2D eigenvalue weighted by molar-refractivity contribution is 5.96. The van der Waals surface area contributed by atoms with E-state index in [-0.39, 0.29) is 12.8 Å². The molecule has 0 aliphatic carbocycles. The number of nitrogens with one attached hydrogen (secondary N) is 2. The predicted octanol–water partition coefficient (Wildman–Crippen LogP) is 0.776. The lowest BCUT2D eigenvalue weighted by atomic mass is 10.1. The first-order valence-electron chi connectivity index (χ1n) is 5.97. The summed E-state index contributed by atoms with van der Waals surface area (Å²) < 4.78 is 0. The zero-order valence-electron chi connectivity index (χ0n) is 10.9. The predicted molar refractivity (Wildman–Crippen MR) is 71.7 cm³/mol. The molecule has 0 aromatic heterocycles. The van der Waals surface area contributed by atoms with Crippen LogP contribution in [0.3, 0.4) is 0 Å². The molecule has 4 N–H and O–H groups in total. The van der Waals surface area contributed by atoms with Gasteiger partial charge in [0.2, 0.25) is 0 Å². The topological polar surface area (TPSA) is 116 Å². The van der Waals surface area contributed by atoms with Crippen LogP contribution in [-0.2, 0) is 9.59 Å². The standard InChI is InChI=1S/C13H16N2O5/c1-14-9-4-2-8(3-5-9)12(18)15-10(13(19)20)6-7-11(16)17/h2-5,10,14H,6-7H2,1H3,(H,15,18)(H,16,17)(H,19,20)/t10-/m1/s1. The molecule has 7 heteroatoms. The molecule has 1 amide bonds.